The van der Waals surface area contributed by atoms with Crippen LogP contribution in [0.4, 0.5) is 0 Å². The number of alkyl halides is 1. The molecule has 90 valence electrons. The van der Waals surface area contributed by atoms with Gasteiger partial charge in [0.2, 0.25) is 0 Å². The first kappa shape index (κ1) is 12.9. The molecule has 1 heterocycles. The number of aromatic nitrogens is 1. The third-order valence-electron chi connectivity index (χ3n) is 2.67. The van der Waals surface area contributed by atoms with Gasteiger partial charge in [-0.1, -0.05) is 37.0 Å². The Morgan fingerprint density at radius 2 is 1.88 bits per heavy atom. The van der Waals surface area contributed by atoms with Crippen LogP contribution in [0.2, 0.25) is 10.0 Å². The Morgan fingerprint density at radius 3 is 2.47 bits per heavy atom. The van der Waals surface area contributed by atoms with Crippen LogP contribution in [-0.2, 0) is 5.88 Å². The summed E-state index contributed by atoms with van der Waals surface area (Å²) in [7, 11) is 0. The minimum Gasteiger partial charge on any atom is -0.251 e. The molecule has 0 fully saturated rings. The third kappa shape index (κ3) is 2.52. The summed E-state index contributed by atoms with van der Waals surface area (Å²) >= 11 is 18.2. The molecule has 2 rings (SSSR count). The molecule has 0 N–H and O–H groups in total. The van der Waals surface area contributed by atoms with Gasteiger partial charge in [0.1, 0.15) is 0 Å². The van der Waals surface area contributed by atoms with Crippen LogP contribution in [0.3, 0.4) is 0 Å². The summed E-state index contributed by atoms with van der Waals surface area (Å²) in [6, 6.07) is 5.59. The van der Waals surface area contributed by atoms with Gasteiger partial charge in [0.25, 0.3) is 0 Å². The molecule has 0 amide bonds. The van der Waals surface area contributed by atoms with Gasteiger partial charge in [0, 0.05) is 22.0 Å². The summed E-state index contributed by atoms with van der Waals surface area (Å²) < 4.78 is 0. The lowest BCUT2D eigenvalue weighted by atomic mass is 10.0. The first-order chi connectivity index (χ1) is 8.02. The molecule has 0 aliphatic heterocycles. The van der Waals surface area contributed by atoms with Gasteiger partial charge in [-0.3, -0.25) is 4.98 Å². The molecule has 4 heteroatoms. The Balaban J connectivity index is 2.82. The lowest BCUT2D eigenvalue weighted by Gasteiger charge is -2.11. The maximum absolute atomic E-state index is 6.18. The van der Waals surface area contributed by atoms with E-state index in [-0.39, 0.29) is 0 Å². The molecule has 1 aromatic carbocycles. The van der Waals surface area contributed by atoms with Gasteiger partial charge in [0.05, 0.1) is 10.5 Å². The zero-order valence-electron chi connectivity index (χ0n) is 9.60. The molecule has 0 saturated carbocycles. The van der Waals surface area contributed by atoms with Gasteiger partial charge in [-0.05, 0) is 29.7 Å². The van der Waals surface area contributed by atoms with Gasteiger partial charge in [-0.2, -0.15) is 0 Å². The Morgan fingerprint density at radius 1 is 1.18 bits per heavy atom. The van der Waals surface area contributed by atoms with Gasteiger partial charge in [-0.15, -0.1) is 11.6 Å². The third-order valence-corrected chi connectivity index (χ3v) is 3.47. The van der Waals surface area contributed by atoms with Crippen LogP contribution in [0.25, 0.3) is 10.9 Å². The van der Waals surface area contributed by atoms with Crippen molar-refractivity contribution in [2.75, 3.05) is 0 Å². The molecular formula is C13H12Cl3N. The Labute approximate surface area is 116 Å². The number of fused-ring (bicyclic) bond motifs is 1. The number of hydrogen-bond donors (Lipinski definition) is 0. The molecule has 1 nitrogen and oxygen atoms in total. The van der Waals surface area contributed by atoms with E-state index in [9.17, 15) is 0 Å². The van der Waals surface area contributed by atoms with Crippen LogP contribution in [0, 0.1) is 0 Å². The van der Waals surface area contributed by atoms with E-state index in [2.05, 4.69) is 18.8 Å². The minimum absolute atomic E-state index is 0.341. The summed E-state index contributed by atoms with van der Waals surface area (Å²) in [6.07, 6.45) is 0. The molecule has 0 spiro atoms. The minimum atomic E-state index is 0.341. The average molecular weight is 289 g/mol. The average Bonchev–Trinajstić information content (AvgIpc) is 2.27. The van der Waals surface area contributed by atoms with E-state index in [4.69, 9.17) is 34.8 Å². The number of halogens is 3. The second-order valence-corrected chi connectivity index (χ2v) is 5.39. The SMILES string of the molecule is CC(C)c1cc(CCl)c2cc(Cl)cc(Cl)c2n1. The van der Waals surface area contributed by atoms with Crippen molar-refractivity contribution in [3.63, 3.8) is 0 Å². The molecule has 0 saturated heterocycles. The van der Waals surface area contributed by atoms with E-state index in [1.54, 1.807) is 6.07 Å². The summed E-state index contributed by atoms with van der Waals surface area (Å²) in [6.45, 7) is 4.19. The number of rotatable bonds is 2. The van der Waals surface area contributed by atoms with E-state index in [0.29, 0.717) is 21.8 Å². The van der Waals surface area contributed by atoms with E-state index in [1.807, 2.05) is 12.1 Å². The van der Waals surface area contributed by atoms with Crippen molar-refractivity contribution in [1.29, 1.82) is 0 Å². The normalized spacial score (nSPS) is 11.4. The van der Waals surface area contributed by atoms with Crippen LogP contribution < -0.4 is 0 Å². The number of benzene rings is 1. The van der Waals surface area contributed by atoms with Crippen molar-refractivity contribution in [1.82, 2.24) is 4.98 Å². The lowest BCUT2D eigenvalue weighted by Crippen LogP contribution is -1.97. The van der Waals surface area contributed by atoms with Crippen molar-refractivity contribution < 1.29 is 0 Å². The summed E-state index contributed by atoms with van der Waals surface area (Å²) in [5.74, 6) is 0.767. The molecule has 0 radical (unpaired) electrons. The predicted octanol–water partition coefficient (Wildman–Crippen LogP) is 5.40. The fourth-order valence-corrected chi connectivity index (χ4v) is 2.51. The van der Waals surface area contributed by atoms with Crippen LogP contribution >= 0.6 is 34.8 Å². The quantitative estimate of drug-likeness (QED) is 0.674. The highest BCUT2D eigenvalue weighted by Gasteiger charge is 2.11. The van der Waals surface area contributed by atoms with Crippen LogP contribution in [0.5, 0.6) is 0 Å². The topological polar surface area (TPSA) is 12.9 Å². The van der Waals surface area contributed by atoms with Gasteiger partial charge >= 0.3 is 0 Å². The maximum Gasteiger partial charge on any atom is 0.0895 e. The second-order valence-electron chi connectivity index (χ2n) is 4.28. The van der Waals surface area contributed by atoms with Crippen LogP contribution in [0.15, 0.2) is 18.2 Å². The molecule has 0 unspecified atom stereocenters. The smallest absolute Gasteiger partial charge is 0.0895 e. The summed E-state index contributed by atoms with van der Waals surface area (Å²) in [4.78, 5) is 4.57. The highest BCUT2D eigenvalue weighted by molar-refractivity contribution is 6.38. The molecule has 1 aromatic heterocycles. The number of hydrogen-bond acceptors (Lipinski definition) is 1. The Kier molecular flexibility index (Phi) is 3.82. The summed E-state index contributed by atoms with van der Waals surface area (Å²) in [5.41, 5.74) is 2.79. The zero-order valence-corrected chi connectivity index (χ0v) is 11.9. The van der Waals surface area contributed by atoms with Crippen LogP contribution in [0.1, 0.15) is 31.0 Å². The van der Waals surface area contributed by atoms with E-state index >= 15 is 0 Å². The second kappa shape index (κ2) is 5.01. The van der Waals surface area contributed by atoms with Crippen molar-refractivity contribution in [2.24, 2.45) is 0 Å². The van der Waals surface area contributed by atoms with Gasteiger partial charge < -0.3 is 0 Å². The highest BCUT2D eigenvalue weighted by atomic mass is 35.5. The highest BCUT2D eigenvalue weighted by Crippen LogP contribution is 2.31. The fourth-order valence-electron chi connectivity index (χ4n) is 1.75. The number of nitrogens with zero attached hydrogens (tertiary/aromatic N) is 1. The van der Waals surface area contributed by atoms with E-state index in [0.717, 1.165) is 22.2 Å². The predicted molar refractivity (Wildman–Crippen MR) is 75.4 cm³/mol. The molecular weight excluding hydrogens is 277 g/mol. The van der Waals surface area contributed by atoms with Gasteiger partial charge in [-0.25, -0.2) is 0 Å². The first-order valence-corrected chi connectivity index (χ1v) is 6.66. The standard InChI is InChI=1S/C13H12Cl3N/c1-7(2)12-3-8(6-14)10-4-9(15)5-11(16)13(10)17-12/h3-5,7H,6H2,1-2H3. The maximum atomic E-state index is 6.18. The van der Waals surface area contributed by atoms with Crippen molar-refractivity contribution in [3.05, 3.63) is 39.5 Å². The molecule has 2 aromatic rings. The molecule has 0 bridgehead atoms. The van der Waals surface area contributed by atoms with Gasteiger partial charge in [0.15, 0.2) is 0 Å². The monoisotopic (exact) mass is 287 g/mol. The Bertz CT molecular complexity index is 564. The molecule has 0 aliphatic rings. The first-order valence-electron chi connectivity index (χ1n) is 5.37. The van der Waals surface area contributed by atoms with Crippen molar-refractivity contribution in [2.45, 2.75) is 25.6 Å². The summed E-state index contributed by atoms with van der Waals surface area (Å²) in [5, 5.41) is 2.11. The molecule has 17 heavy (non-hydrogen) atoms. The van der Waals surface area contributed by atoms with Crippen LogP contribution in [-0.4, -0.2) is 4.98 Å². The van der Waals surface area contributed by atoms with Crippen molar-refractivity contribution in [3.8, 4) is 0 Å². The van der Waals surface area contributed by atoms with E-state index < -0.39 is 0 Å². The molecule has 0 aliphatic carbocycles. The largest absolute Gasteiger partial charge is 0.251 e. The van der Waals surface area contributed by atoms with E-state index in [1.165, 1.54) is 0 Å². The number of pyridine rings is 1. The molecule has 0 atom stereocenters. The Hall–Kier alpha value is -0.500. The zero-order chi connectivity index (χ0) is 12.6. The fraction of sp³-hybridized carbons (Fsp3) is 0.308. The van der Waals surface area contributed by atoms with Crippen molar-refractivity contribution >= 4 is 45.7 Å². The lowest BCUT2D eigenvalue weighted by molar-refractivity contribution is 0.828.